The van der Waals surface area contributed by atoms with Crippen molar-refractivity contribution in [2.45, 2.75) is 6.92 Å². The van der Waals surface area contributed by atoms with Crippen LogP contribution in [0.4, 0.5) is 11.6 Å². The number of pyridine rings is 1. The molecule has 28 heavy (non-hydrogen) atoms. The molecule has 1 aliphatic rings. The standard InChI is InChI=1S/C19H19N9/c1-13-22-25-19-5-3-17(26-28(13)19)21-10-14-11-27(12-14)18-4-2-16(23-24-18)15-6-8-20-9-7-15/h2-9,14H,10-12H2,1H3,(H,21,26). The first kappa shape index (κ1) is 16.5. The van der Waals surface area contributed by atoms with E-state index in [0.717, 1.165) is 54.0 Å². The highest BCUT2D eigenvalue weighted by Crippen LogP contribution is 2.24. The van der Waals surface area contributed by atoms with Gasteiger partial charge in [0.1, 0.15) is 5.82 Å². The Labute approximate surface area is 161 Å². The van der Waals surface area contributed by atoms with E-state index < -0.39 is 0 Å². The van der Waals surface area contributed by atoms with Crippen LogP contribution in [0.3, 0.4) is 0 Å². The summed E-state index contributed by atoms with van der Waals surface area (Å²) in [5.74, 6) is 3.06. The molecule has 140 valence electrons. The summed E-state index contributed by atoms with van der Waals surface area (Å²) in [5, 5.41) is 24.7. The average Bonchev–Trinajstić information content (AvgIpc) is 3.08. The molecule has 0 unspecified atom stereocenters. The van der Waals surface area contributed by atoms with Gasteiger partial charge in [-0.15, -0.1) is 25.5 Å². The summed E-state index contributed by atoms with van der Waals surface area (Å²) in [6.45, 7) is 4.65. The van der Waals surface area contributed by atoms with E-state index in [4.69, 9.17) is 0 Å². The number of anilines is 2. The van der Waals surface area contributed by atoms with Crippen LogP contribution in [0.5, 0.6) is 0 Å². The van der Waals surface area contributed by atoms with Gasteiger partial charge >= 0.3 is 0 Å². The van der Waals surface area contributed by atoms with Crippen LogP contribution in [0.25, 0.3) is 16.9 Å². The summed E-state index contributed by atoms with van der Waals surface area (Å²) in [6, 6.07) is 11.7. The third kappa shape index (κ3) is 3.11. The highest BCUT2D eigenvalue weighted by molar-refractivity contribution is 5.59. The topological polar surface area (TPSA) is 97.0 Å². The summed E-state index contributed by atoms with van der Waals surface area (Å²) in [4.78, 5) is 6.26. The van der Waals surface area contributed by atoms with E-state index in [1.807, 2.05) is 43.3 Å². The molecular formula is C19H19N9. The molecule has 0 saturated carbocycles. The second-order valence-corrected chi connectivity index (χ2v) is 6.90. The van der Waals surface area contributed by atoms with Crippen LogP contribution < -0.4 is 10.2 Å². The molecule has 1 saturated heterocycles. The van der Waals surface area contributed by atoms with Gasteiger partial charge in [-0.25, -0.2) is 0 Å². The first-order valence-corrected chi connectivity index (χ1v) is 9.18. The lowest BCUT2D eigenvalue weighted by Crippen LogP contribution is -2.50. The number of aryl methyl sites for hydroxylation is 1. The number of hydrogen-bond donors (Lipinski definition) is 1. The predicted molar refractivity (Wildman–Crippen MR) is 105 cm³/mol. The molecule has 1 N–H and O–H groups in total. The van der Waals surface area contributed by atoms with Crippen molar-refractivity contribution in [1.29, 1.82) is 0 Å². The molecule has 9 heteroatoms. The number of nitrogens with zero attached hydrogens (tertiary/aromatic N) is 8. The van der Waals surface area contributed by atoms with Gasteiger partial charge in [0.15, 0.2) is 17.3 Å². The van der Waals surface area contributed by atoms with Crippen molar-refractivity contribution in [3.8, 4) is 11.3 Å². The molecule has 4 aromatic heterocycles. The molecule has 0 aliphatic carbocycles. The number of rotatable bonds is 5. The van der Waals surface area contributed by atoms with Gasteiger partial charge in [0.25, 0.3) is 0 Å². The zero-order valence-electron chi connectivity index (χ0n) is 15.4. The molecule has 0 radical (unpaired) electrons. The normalized spacial score (nSPS) is 14.2. The SMILES string of the molecule is Cc1nnc2ccc(NCC3CN(c4ccc(-c5ccncc5)nn4)C3)nn12. The molecular weight excluding hydrogens is 354 g/mol. The van der Waals surface area contributed by atoms with Gasteiger partial charge in [0, 0.05) is 43.5 Å². The number of aromatic nitrogens is 7. The Morgan fingerprint density at radius 2 is 1.82 bits per heavy atom. The highest BCUT2D eigenvalue weighted by atomic mass is 15.4. The number of hydrogen-bond acceptors (Lipinski definition) is 8. The summed E-state index contributed by atoms with van der Waals surface area (Å²) in [5.41, 5.74) is 2.63. The van der Waals surface area contributed by atoms with Crippen LogP contribution in [-0.4, -0.2) is 54.6 Å². The zero-order valence-corrected chi connectivity index (χ0v) is 15.4. The fourth-order valence-corrected chi connectivity index (χ4v) is 3.30. The quantitative estimate of drug-likeness (QED) is 0.566. The summed E-state index contributed by atoms with van der Waals surface area (Å²) < 4.78 is 1.75. The van der Waals surface area contributed by atoms with E-state index in [0.29, 0.717) is 5.92 Å². The third-order valence-electron chi connectivity index (χ3n) is 4.90. The molecule has 0 spiro atoms. The van der Waals surface area contributed by atoms with E-state index in [1.54, 1.807) is 16.9 Å². The van der Waals surface area contributed by atoms with E-state index >= 15 is 0 Å². The average molecular weight is 373 g/mol. The Bertz CT molecular complexity index is 1090. The second-order valence-electron chi connectivity index (χ2n) is 6.90. The minimum atomic E-state index is 0.543. The Hall–Kier alpha value is -3.62. The molecule has 4 aromatic rings. The van der Waals surface area contributed by atoms with Crippen molar-refractivity contribution in [2.75, 3.05) is 29.9 Å². The van der Waals surface area contributed by atoms with Gasteiger partial charge in [-0.3, -0.25) is 4.98 Å². The van der Waals surface area contributed by atoms with Gasteiger partial charge < -0.3 is 10.2 Å². The maximum Gasteiger partial charge on any atom is 0.178 e. The molecule has 1 aliphatic heterocycles. The Balaban J connectivity index is 1.16. The maximum atomic E-state index is 4.52. The van der Waals surface area contributed by atoms with Gasteiger partial charge in [-0.1, -0.05) is 0 Å². The van der Waals surface area contributed by atoms with Gasteiger partial charge in [0.05, 0.1) is 5.69 Å². The van der Waals surface area contributed by atoms with Crippen LogP contribution >= 0.6 is 0 Å². The van der Waals surface area contributed by atoms with E-state index in [-0.39, 0.29) is 0 Å². The smallest absolute Gasteiger partial charge is 0.178 e. The van der Waals surface area contributed by atoms with Crippen LogP contribution in [0.15, 0.2) is 48.8 Å². The van der Waals surface area contributed by atoms with Gasteiger partial charge in [0.2, 0.25) is 0 Å². The van der Waals surface area contributed by atoms with Gasteiger partial charge in [-0.05, 0) is 43.3 Å². The van der Waals surface area contributed by atoms with E-state index in [2.05, 4.69) is 40.7 Å². The lowest BCUT2D eigenvalue weighted by molar-refractivity contribution is 0.425. The molecule has 9 nitrogen and oxygen atoms in total. The first-order valence-electron chi connectivity index (χ1n) is 9.18. The van der Waals surface area contributed by atoms with Crippen LogP contribution in [0, 0.1) is 12.8 Å². The van der Waals surface area contributed by atoms with E-state index in [1.165, 1.54) is 0 Å². The molecule has 5 heterocycles. The van der Waals surface area contributed by atoms with E-state index in [9.17, 15) is 0 Å². The van der Waals surface area contributed by atoms with Crippen LogP contribution in [0.1, 0.15) is 5.82 Å². The summed E-state index contributed by atoms with van der Waals surface area (Å²) in [6.07, 6.45) is 3.52. The Morgan fingerprint density at radius 1 is 0.964 bits per heavy atom. The largest absolute Gasteiger partial charge is 0.368 e. The van der Waals surface area contributed by atoms with Crippen molar-refractivity contribution >= 4 is 17.3 Å². The highest BCUT2D eigenvalue weighted by Gasteiger charge is 2.27. The Morgan fingerprint density at radius 3 is 2.61 bits per heavy atom. The van der Waals surface area contributed by atoms with Crippen molar-refractivity contribution in [3.05, 3.63) is 54.6 Å². The number of nitrogens with one attached hydrogen (secondary N) is 1. The summed E-state index contributed by atoms with van der Waals surface area (Å²) >= 11 is 0. The molecule has 0 atom stereocenters. The molecule has 1 fully saturated rings. The second kappa shape index (κ2) is 6.84. The lowest BCUT2D eigenvalue weighted by Gasteiger charge is -2.40. The minimum Gasteiger partial charge on any atom is -0.368 e. The third-order valence-corrected chi connectivity index (χ3v) is 4.90. The Kier molecular flexibility index (Phi) is 4.04. The minimum absolute atomic E-state index is 0.543. The molecule has 0 bridgehead atoms. The fraction of sp³-hybridized carbons (Fsp3) is 0.263. The van der Waals surface area contributed by atoms with Gasteiger partial charge in [-0.2, -0.15) is 4.52 Å². The monoisotopic (exact) mass is 373 g/mol. The fourth-order valence-electron chi connectivity index (χ4n) is 3.30. The van der Waals surface area contributed by atoms with Crippen molar-refractivity contribution in [1.82, 2.24) is 35.0 Å². The van der Waals surface area contributed by atoms with Crippen LogP contribution in [-0.2, 0) is 0 Å². The summed E-state index contributed by atoms with van der Waals surface area (Å²) in [7, 11) is 0. The lowest BCUT2D eigenvalue weighted by atomic mass is 10.0. The first-order chi connectivity index (χ1) is 13.8. The van der Waals surface area contributed by atoms with Crippen molar-refractivity contribution in [3.63, 3.8) is 0 Å². The molecule has 5 rings (SSSR count). The van der Waals surface area contributed by atoms with Crippen molar-refractivity contribution in [2.24, 2.45) is 5.92 Å². The number of fused-ring (bicyclic) bond motifs is 1. The predicted octanol–water partition coefficient (Wildman–Crippen LogP) is 1.83. The molecule has 0 amide bonds. The molecule has 0 aromatic carbocycles. The zero-order chi connectivity index (χ0) is 18.9. The van der Waals surface area contributed by atoms with Crippen LogP contribution in [0.2, 0.25) is 0 Å². The van der Waals surface area contributed by atoms with Crippen molar-refractivity contribution < 1.29 is 0 Å². The maximum absolute atomic E-state index is 4.52.